The Bertz CT molecular complexity index is 754. The molecule has 5 heteroatoms. The molecule has 0 aliphatic rings. The number of carbonyl (C=O) groups excluding carboxylic acids is 1. The smallest absolute Gasteiger partial charge is 0.273 e. The van der Waals surface area contributed by atoms with Crippen molar-refractivity contribution < 1.29 is 14.4 Å². The molecule has 0 aliphatic carbocycles. The summed E-state index contributed by atoms with van der Waals surface area (Å²) in [4.78, 5) is 16.9. The fraction of sp³-hybridized carbons (Fsp3) is 0.263. The third-order valence-corrected chi connectivity index (χ3v) is 3.84. The summed E-state index contributed by atoms with van der Waals surface area (Å²) in [6.45, 7) is 4.41. The van der Waals surface area contributed by atoms with E-state index < -0.39 is 0 Å². The van der Waals surface area contributed by atoms with E-state index in [1.807, 2.05) is 56.3 Å². The van der Waals surface area contributed by atoms with Gasteiger partial charge >= 0.3 is 0 Å². The molecular formula is C19H22N2O3. The summed E-state index contributed by atoms with van der Waals surface area (Å²) in [7, 11) is 2.97. The van der Waals surface area contributed by atoms with E-state index in [0.717, 1.165) is 16.9 Å². The van der Waals surface area contributed by atoms with E-state index in [-0.39, 0.29) is 11.6 Å². The molecule has 0 aromatic heterocycles. The number of benzene rings is 2. The molecule has 0 bridgehead atoms. The van der Waals surface area contributed by atoms with E-state index in [1.54, 1.807) is 7.05 Å². The second-order valence-electron chi connectivity index (χ2n) is 5.35. The molecule has 0 saturated carbocycles. The van der Waals surface area contributed by atoms with Crippen LogP contribution in [0.3, 0.4) is 0 Å². The molecule has 1 N–H and O–H groups in total. The van der Waals surface area contributed by atoms with Gasteiger partial charge in [-0.05, 0) is 36.6 Å². The zero-order valence-electron chi connectivity index (χ0n) is 14.4. The summed E-state index contributed by atoms with van der Waals surface area (Å²) in [5.74, 6) is 0.519. The molecule has 0 unspecified atom stereocenters. The van der Waals surface area contributed by atoms with Crippen LogP contribution in [0.2, 0.25) is 0 Å². The second kappa shape index (κ2) is 8.15. The van der Waals surface area contributed by atoms with E-state index in [4.69, 9.17) is 9.57 Å². The lowest BCUT2D eigenvalue weighted by Crippen LogP contribution is -2.29. The second-order valence-corrected chi connectivity index (χ2v) is 5.35. The Morgan fingerprint density at radius 2 is 1.88 bits per heavy atom. The quantitative estimate of drug-likeness (QED) is 0.656. The van der Waals surface area contributed by atoms with E-state index in [0.29, 0.717) is 12.2 Å². The van der Waals surface area contributed by atoms with Crippen molar-refractivity contribution in [1.29, 1.82) is 0 Å². The highest BCUT2D eigenvalue weighted by atomic mass is 16.6. The molecule has 0 radical (unpaired) electrons. The van der Waals surface area contributed by atoms with E-state index in [2.05, 4.69) is 10.5 Å². The summed E-state index contributed by atoms with van der Waals surface area (Å²) >= 11 is 0. The molecule has 126 valence electrons. The highest BCUT2D eigenvalue weighted by Crippen LogP contribution is 2.22. The first-order chi connectivity index (χ1) is 11.6. The van der Waals surface area contributed by atoms with Gasteiger partial charge in [0.05, 0.1) is 0 Å². The molecule has 2 aromatic carbocycles. The average Bonchev–Trinajstić information content (AvgIpc) is 2.60. The number of aryl methyl sites for hydroxylation is 1. The minimum atomic E-state index is -0.309. The van der Waals surface area contributed by atoms with Gasteiger partial charge in [0.25, 0.3) is 5.91 Å². The van der Waals surface area contributed by atoms with Crippen LogP contribution >= 0.6 is 0 Å². The van der Waals surface area contributed by atoms with E-state index in [9.17, 15) is 4.79 Å². The fourth-order valence-electron chi connectivity index (χ4n) is 2.34. The fourth-order valence-corrected chi connectivity index (χ4v) is 2.34. The first kappa shape index (κ1) is 17.5. The molecule has 2 rings (SSSR count). The molecule has 0 fully saturated rings. The standard InChI is InChI=1S/C19H22N2O3/c1-13-8-7-11-17(14(13)2)24-12-15-9-5-6-10-16(15)18(21-23-4)19(22)20-3/h5-11H,12H2,1-4H3,(H,20,22)/b21-18-. The Labute approximate surface area is 142 Å². The van der Waals surface area contributed by atoms with Crippen molar-refractivity contribution in [3.8, 4) is 5.75 Å². The SMILES string of the molecule is CNC(=O)/C(=N\OC)c1ccccc1COc1cccc(C)c1C. The summed E-state index contributed by atoms with van der Waals surface area (Å²) < 4.78 is 5.96. The van der Waals surface area contributed by atoms with Crippen molar-refractivity contribution >= 4 is 11.6 Å². The molecule has 0 aliphatic heterocycles. The van der Waals surface area contributed by atoms with Crippen molar-refractivity contribution in [3.63, 3.8) is 0 Å². The summed E-state index contributed by atoms with van der Waals surface area (Å²) in [5, 5.41) is 6.44. The lowest BCUT2D eigenvalue weighted by Gasteiger charge is -2.14. The van der Waals surface area contributed by atoms with Crippen molar-refractivity contribution in [2.75, 3.05) is 14.2 Å². The van der Waals surface area contributed by atoms with Gasteiger partial charge in [0.1, 0.15) is 19.5 Å². The topological polar surface area (TPSA) is 59.9 Å². The molecule has 2 aromatic rings. The number of hydrogen-bond donors (Lipinski definition) is 1. The van der Waals surface area contributed by atoms with Crippen LogP contribution < -0.4 is 10.1 Å². The lowest BCUT2D eigenvalue weighted by atomic mass is 10.0. The van der Waals surface area contributed by atoms with Crippen LogP contribution in [-0.2, 0) is 16.2 Å². The number of amides is 1. The number of nitrogens with zero attached hydrogens (tertiary/aromatic N) is 1. The van der Waals surface area contributed by atoms with Gasteiger partial charge in [-0.15, -0.1) is 0 Å². The summed E-state index contributed by atoms with van der Waals surface area (Å²) in [6, 6.07) is 13.4. The number of nitrogens with one attached hydrogen (secondary N) is 1. The number of carbonyl (C=O) groups is 1. The van der Waals surface area contributed by atoms with Crippen molar-refractivity contribution in [2.45, 2.75) is 20.5 Å². The maximum atomic E-state index is 12.1. The Balaban J connectivity index is 2.30. The summed E-state index contributed by atoms with van der Waals surface area (Å²) in [6.07, 6.45) is 0. The van der Waals surface area contributed by atoms with Gasteiger partial charge in [-0.1, -0.05) is 41.6 Å². The number of ether oxygens (including phenoxy) is 1. The number of rotatable bonds is 6. The minimum absolute atomic E-state index is 0.222. The molecular weight excluding hydrogens is 304 g/mol. The molecule has 0 saturated heterocycles. The average molecular weight is 326 g/mol. The van der Waals surface area contributed by atoms with Crippen LogP contribution in [0, 0.1) is 13.8 Å². The number of oxime groups is 1. The van der Waals surface area contributed by atoms with Crippen LogP contribution in [0.5, 0.6) is 5.75 Å². The van der Waals surface area contributed by atoms with Crippen molar-refractivity contribution in [1.82, 2.24) is 5.32 Å². The third-order valence-electron chi connectivity index (χ3n) is 3.84. The third kappa shape index (κ3) is 3.93. The van der Waals surface area contributed by atoms with Crippen LogP contribution in [0.1, 0.15) is 22.3 Å². The van der Waals surface area contributed by atoms with Gasteiger partial charge in [0.2, 0.25) is 0 Å². The van der Waals surface area contributed by atoms with Gasteiger partial charge < -0.3 is 14.9 Å². The maximum absolute atomic E-state index is 12.1. The highest BCUT2D eigenvalue weighted by Gasteiger charge is 2.17. The van der Waals surface area contributed by atoms with Crippen LogP contribution in [-0.4, -0.2) is 25.8 Å². The van der Waals surface area contributed by atoms with Gasteiger partial charge in [0.15, 0.2) is 5.71 Å². The predicted octanol–water partition coefficient (Wildman–Crippen LogP) is 2.98. The van der Waals surface area contributed by atoms with E-state index in [1.165, 1.54) is 12.7 Å². The van der Waals surface area contributed by atoms with Gasteiger partial charge in [-0.2, -0.15) is 0 Å². The zero-order chi connectivity index (χ0) is 17.5. The van der Waals surface area contributed by atoms with Crippen molar-refractivity contribution in [3.05, 3.63) is 64.7 Å². The molecule has 24 heavy (non-hydrogen) atoms. The van der Waals surface area contributed by atoms with Crippen LogP contribution in [0.4, 0.5) is 0 Å². The van der Waals surface area contributed by atoms with Gasteiger partial charge in [-0.25, -0.2) is 0 Å². The Morgan fingerprint density at radius 3 is 2.58 bits per heavy atom. The van der Waals surface area contributed by atoms with Crippen LogP contribution in [0.15, 0.2) is 47.6 Å². The van der Waals surface area contributed by atoms with Crippen molar-refractivity contribution in [2.24, 2.45) is 5.16 Å². The Hall–Kier alpha value is -2.82. The first-order valence-electron chi connectivity index (χ1n) is 7.69. The Morgan fingerprint density at radius 1 is 1.12 bits per heavy atom. The normalized spacial score (nSPS) is 11.1. The monoisotopic (exact) mass is 326 g/mol. The summed E-state index contributed by atoms with van der Waals surface area (Å²) in [5.41, 5.74) is 4.04. The number of hydrogen-bond acceptors (Lipinski definition) is 4. The maximum Gasteiger partial charge on any atom is 0.273 e. The Kier molecular flexibility index (Phi) is 5.95. The highest BCUT2D eigenvalue weighted by molar-refractivity contribution is 6.45. The molecule has 0 atom stereocenters. The van der Waals surface area contributed by atoms with Crippen LogP contribution in [0.25, 0.3) is 0 Å². The first-order valence-corrected chi connectivity index (χ1v) is 7.69. The lowest BCUT2D eigenvalue weighted by molar-refractivity contribution is -0.114. The predicted molar refractivity (Wildman–Crippen MR) is 94.3 cm³/mol. The molecule has 0 heterocycles. The van der Waals surface area contributed by atoms with Gasteiger partial charge in [-0.3, -0.25) is 4.79 Å². The zero-order valence-corrected chi connectivity index (χ0v) is 14.4. The number of likely N-dealkylation sites (N-methyl/N-ethyl adjacent to an activating group) is 1. The molecule has 5 nitrogen and oxygen atoms in total. The molecule has 0 spiro atoms. The minimum Gasteiger partial charge on any atom is -0.489 e. The largest absolute Gasteiger partial charge is 0.489 e. The molecule has 1 amide bonds. The van der Waals surface area contributed by atoms with E-state index >= 15 is 0 Å². The van der Waals surface area contributed by atoms with Gasteiger partial charge in [0, 0.05) is 12.6 Å².